The molecule has 0 amide bonds. The van der Waals surface area contributed by atoms with Gasteiger partial charge in [-0.3, -0.25) is 0 Å². The summed E-state index contributed by atoms with van der Waals surface area (Å²) in [5, 5.41) is 0. The van der Waals surface area contributed by atoms with Crippen molar-refractivity contribution in [2.75, 3.05) is 0 Å². The standard InChI is InChI=1S/C8H6I2OTe/c9-12(10)5-7(11)6-3-1-2-4-8(6)12/h1-4H,5H2. The summed E-state index contributed by atoms with van der Waals surface area (Å²) in [6.07, 6.45) is 0. The number of halogens is 2. The van der Waals surface area contributed by atoms with Crippen LogP contribution in [-0.4, -0.2) is 16.1 Å². The second kappa shape index (κ2) is 3.37. The van der Waals surface area contributed by atoms with Crippen LogP contribution in [0, 0.1) is 0 Å². The van der Waals surface area contributed by atoms with E-state index in [0.717, 1.165) is 10.0 Å². The normalized spacial score (nSPS) is 22.0. The number of carbonyl (C=O) groups excluding carboxylic acids is 1. The van der Waals surface area contributed by atoms with E-state index in [1.54, 1.807) is 0 Å². The summed E-state index contributed by atoms with van der Waals surface area (Å²) in [6, 6.07) is 8.08. The van der Waals surface area contributed by atoms with Gasteiger partial charge in [-0.15, -0.1) is 0 Å². The van der Waals surface area contributed by atoms with Gasteiger partial charge < -0.3 is 0 Å². The molecule has 1 aromatic carbocycles. The first-order valence-corrected chi connectivity index (χ1v) is 19.8. The molecule has 0 fully saturated rings. The monoisotopic (exact) mass is 502 g/mol. The zero-order valence-corrected chi connectivity index (χ0v) is 12.7. The Morgan fingerprint density at radius 1 is 1.25 bits per heavy atom. The van der Waals surface area contributed by atoms with Crippen molar-refractivity contribution in [1.29, 1.82) is 0 Å². The summed E-state index contributed by atoms with van der Waals surface area (Å²) in [5.41, 5.74) is 0.988. The Hall–Kier alpha value is 1.14. The van der Waals surface area contributed by atoms with E-state index in [0.29, 0.717) is 5.78 Å². The van der Waals surface area contributed by atoms with Crippen molar-refractivity contribution in [1.82, 2.24) is 0 Å². The average molecular weight is 500 g/mol. The molecule has 1 aliphatic rings. The Morgan fingerprint density at radius 3 is 2.58 bits per heavy atom. The SMILES string of the molecule is O=C1C[Te](I)(I)c2ccccc21. The molecule has 0 aromatic heterocycles. The zero-order valence-electron chi connectivity index (χ0n) is 6.09. The fourth-order valence-electron chi connectivity index (χ4n) is 1.28. The molecule has 0 bridgehead atoms. The summed E-state index contributed by atoms with van der Waals surface area (Å²) in [4.78, 5) is 11.5. The quantitative estimate of drug-likeness (QED) is 0.396. The summed E-state index contributed by atoms with van der Waals surface area (Å²) in [5.74, 6) is 0.357. The molecule has 1 aliphatic heterocycles. The van der Waals surface area contributed by atoms with Crippen molar-refractivity contribution >= 4 is 57.1 Å². The molecule has 0 radical (unpaired) electrons. The second-order valence-electron chi connectivity index (χ2n) is 2.64. The second-order valence-corrected chi connectivity index (χ2v) is 39.5. The van der Waals surface area contributed by atoms with Crippen LogP contribution in [-0.2, 0) is 0 Å². The first-order chi connectivity index (χ1) is 5.61. The third-order valence-corrected chi connectivity index (χ3v) is 17.0. The van der Waals surface area contributed by atoms with Crippen molar-refractivity contribution in [3.05, 3.63) is 29.8 Å². The van der Waals surface area contributed by atoms with Gasteiger partial charge in [-0.2, -0.15) is 0 Å². The number of Topliss-reactive ketones (excluding diaryl/α,β-unsaturated/α-hetero) is 1. The van der Waals surface area contributed by atoms with Crippen LogP contribution >= 0.6 is 37.4 Å². The van der Waals surface area contributed by atoms with Crippen LogP contribution in [0.4, 0.5) is 0 Å². The molecule has 64 valence electrons. The van der Waals surface area contributed by atoms with Gasteiger partial charge in [-0.25, -0.2) is 0 Å². The van der Waals surface area contributed by atoms with E-state index in [1.165, 1.54) is 3.61 Å². The van der Waals surface area contributed by atoms with Gasteiger partial charge >= 0.3 is 96.2 Å². The van der Waals surface area contributed by atoms with Crippen LogP contribution < -0.4 is 3.61 Å². The third-order valence-electron chi connectivity index (χ3n) is 1.82. The van der Waals surface area contributed by atoms with Gasteiger partial charge in [-0.1, -0.05) is 0 Å². The van der Waals surface area contributed by atoms with Crippen LogP contribution in [0.3, 0.4) is 0 Å². The summed E-state index contributed by atoms with van der Waals surface area (Å²) < 4.78 is 2.19. The van der Waals surface area contributed by atoms with E-state index >= 15 is 0 Å². The third kappa shape index (κ3) is 1.55. The van der Waals surface area contributed by atoms with E-state index in [1.807, 2.05) is 18.2 Å². The number of fused-ring (bicyclic) bond motifs is 1. The molecule has 1 nitrogen and oxygen atoms in total. The number of hydrogen-bond acceptors (Lipinski definition) is 1. The maximum atomic E-state index is 11.5. The maximum absolute atomic E-state index is 11.5. The average Bonchev–Trinajstić information content (AvgIpc) is 2.25. The first kappa shape index (κ1) is 9.69. The summed E-state index contributed by atoms with van der Waals surface area (Å²) in [6.45, 7) is 0. The van der Waals surface area contributed by atoms with Crippen LogP contribution in [0.5, 0.6) is 0 Å². The number of hydrogen-bond donors (Lipinski definition) is 0. The fourth-order valence-corrected chi connectivity index (χ4v) is 14.3. The molecule has 4 heteroatoms. The van der Waals surface area contributed by atoms with Crippen molar-refractivity contribution in [3.8, 4) is 0 Å². The van der Waals surface area contributed by atoms with E-state index < -0.39 is 10.3 Å². The zero-order chi connectivity index (χ0) is 8.77. The van der Waals surface area contributed by atoms with Gasteiger partial charge in [0.25, 0.3) is 0 Å². The molecule has 1 heterocycles. The van der Waals surface area contributed by atoms with Crippen molar-refractivity contribution in [2.24, 2.45) is 0 Å². The molecule has 1 aromatic rings. The predicted molar refractivity (Wildman–Crippen MR) is 69.0 cm³/mol. The topological polar surface area (TPSA) is 17.1 Å². The number of carbonyl (C=O) groups is 1. The van der Waals surface area contributed by atoms with Gasteiger partial charge in [0.2, 0.25) is 0 Å². The van der Waals surface area contributed by atoms with Gasteiger partial charge in [-0.05, 0) is 0 Å². The Bertz CT molecular complexity index is 349. The first-order valence-electron chi connectivity index (χ1n) is 3.44. The molecule has 0 spiro atoms. The molecule has 0 unspecified atom stereocenters. The fraction of sp³-hybridized carbons (Fsp3) is 0.125. The van der Waals surface area contributed by atoms with Gasteiger partial charge in [0.1, 0.15) is 0 Å². The number of rotatable bonds is 0. The van der Waals surface area contributed by atoms with Gasteiger partial charge in [0.15, 0.2) is 0 Å². The molecule has 2 rings (SSSR count). The minimum absolute atomic E-state index is 0.357. The van der Waals surface area contributed by atoms with Crippen molar-refractivity contribution < 1.29 is 4.79 Å². The van der Waals surface area contributed by atoms with Crippen LogP contribution in [0.2, 0.25) is 4.47 Å². The van der Waals surface area contributed by atoms with Crippen LogP contribution in [0.1, 0.15) is 10.4 Å². The Morgan fingerprint density at radius 2 is 1.92 bits per heavy atom. The van der Waals surface area contributed by atoms with Gasteiger partial charge in [0, 0.05) is 0 Å². The molecule has 0 N–H and O–H groups in total. The Kier molecular flexibility index (Phi) is 2.72. The number of ketones is 1. The molecule has 0 aliphatic carbocycles. The molecule has 0 saturated carbocycles. The van der Waals surface area contributed by atoms with E-state index in [2.05, 4.69) is 43.5 Å². The van der Waals surface area contributed by atoms with Crippen molar-refractivity contribution in [3.63, 3.8) is 0 Å². The van der Waals surface area contributed by atoms with Crippen molar-refractivity contribution in [2.45, 2.75) is 4.47 Å². The number of benzene rings is 1. The van der Waals surface area contributed by atoms with E-state index in [-0.39, 0.29) is 0 Å². The van der Waals surface area contributed by atoms with E-state index in [9.17, 15) is 4.79 Å². The molecule has 0 saturated heterocycles. The van der Waals surface area contributed by atoms with Crippen LogP contribution in [0.25, 0.3) is 0 Å². The summed E-state index contributed by atoms with van der Waals surface area (Å²) in [7, 11) is -1.96. The van der Waals surface area contributed by atoms with Gasteiger partial charge in [0.05, 0.1) is 0 Å². The molecule has 12 heavy (non-hydrogen) atoms. The summed E-state index contributed by atoms with van der Waals surface area (Å²) >= 11 is 5.06. The minimum atomic E-state index is -1.96. The Balaban J connectivity index is 2.66. The van der Waals surface area contributed by atoms with E-state index in [4.69, 9.17) is 0 Å². The van der Waals surface area contributed by atoms with Crippen LogP contribution in [0.15, 0.2) is 24.3 Å². The Labute approximate surface area is 94.6 Å². The molecule has 0 atom stereocenters. The molecular weight excluding hydrogens is 493 g/mol. The predicted octanol–water partition coefficient (Wildman–Crippen LogP) is 2.40. The molecular formula is C8H6I2OTe.